The van der Waals surface area contributed by atoms with Crippen LogP contribution in [-0.2, 0) is 0 Å². The van der Waals surface area contributed by atoms with Crippen LogP contribution in [0.2, 0.25) is 0 Å². The third kappa shape index (κ3) is 3.60. The van der Waals surface area contributed by atoms with Crippen LogP contribution in [0.15, 0.2) is 0 Å². The van der Waals surface area contributed by atoms with Crippen LogP contribution in [0.25, 0.3) is 0 Å². The summed E-state index contributed by atoms with van der Waals surface area (Å²) in [6.45, 7) is 5.98. The molecule has 2 N–H and O–H groups in total. The molecule has 2 rings (SSSR count). The Hall–Kier alpha value is 0.230. The first-order valence-corrected chi connectivity index (χ1v) is 8.41. The summed E-state index contributed by atoms with van der Waals surface area (Å²) in [4.78, 5) is 5.37. The summed E-state index contributed by atoms with van der Waals surface area (Å²) in [6.07, 6.45) is 7.57. The monoisotopic (exact) mass is 257 g/mol. The van der Waals surface area contributed by atoms with E-state index in [9.17, 15) is 0 Å². The van der Waals surface area contributed by atoms with E-state index in [1.807, 2.05) is 11.8 Å². The molecule has 0 bridgehead atoms. The molecule has 0 radical (unpaired) electrons. The minimum atomic E-state index is 0.614. The van der Waals surface area contributed by atoms with Gasteiger partial charge in [0.15, 0.2) is 0 Å². The molecule has 2 aliphatic heterocycles. The maximum atomic E-state index is 5.97. The lowest BCUT2D eigenvalue weighted by molar-refractivity contribution is 0.172. The van der Waals surface area contributed by atoms with Gasteiger partial charge in [-0.25, -0.2) is 0 Å². The topological polar surface area (TPSA) is 32.5 Å². The molecule has 100 valence electrons. The Morgan fingerprint density at radius 1 is 1.29 bits per heavy atom. The van der Waals surface area contributed by atoms with Crippen LogP contribution in [0, 0.1) is 0 Å². The fraction of sp³-hybridized carbons (Fsp3) is 1.00. The van der Waals surface area contributed by atoms with E-state index in [-0.39, 0.29) is 0 Å². The zero-order valence-corrected chi connectivity index (χ0v) is 11.9. The second-order valence-electron chi connectivity index (χ2n) is 5.35. The molecule has 4 heteroatoms. The van der Waals surface area contributed by atoms with Crippen molar-refractivity contribution < 1.29 is 0 Å². The van der Waals surface area contributed by atoms with Crippen molar-refractivity contribution in [2.24, 2.45) is 5.73 Å². The molecule has 0 saturated carbocycles. The van der Waals surface area contributed by atoms with Crippen LogP contribution in [0.5, 0.6) is 0 Å². The van der Waals surface area contributed by atoms with E-state index >= 15 is 0 Å². The number of hydrogen-bond acceptors (Lipinski definition) is 4. The van der Waals surface area contributed by atoms with Crippen molar-refractivity contribution in [1.29, 1.82) is 0 Å². The first-order valence-electron chi connectivity index (χ1n) is 7.02. The van der Waals surface area contributed by atoms with E-state index in [0.717, 1.165) is 12.6 Å². The van der Waals surface area contributed by atoms with Crippen LogP contribution in [0.3, 0.4) is 0 Å². The summed E-state index contributed by atoms with van der Waals surface area (Å²) < 4.78 is 0. The van der Waals surface area contributed by atoms with Gasteiger partial charge in [0.2, 0.25) is 0 Å². The number of nitrogens with two attached hydrogens (primary N) is 1. The van der Waals surface area contributed by atoms with Crippen molar-refractivity contribution in [3.8, 4) is 0 Å². The SMILES string of the molecule is CSCCC(CN)N1CCCN2CCCC2C1. The zero-order valence-electron chi connectivity index (χ0n) is 11.1. The van der Waals surface area contributed by atoms with E-state index in [4.69, 9.17) is 5.73 Å². The number of thioether (sulfide) groups is 1. The van der Waals surface area contributed by atoms with Crippen LogP contribution >= 0.6 is 11.8 Å². The van der Waals surface area contributed by atoms with Crippen molar-refractivity contribution in [2.45, 2.75) is 37.8 Å². The average Bonchev–Trinajstić information content (AvgIpc) is 2.68. The molecule has 2 atom stereocenters. The minimum Gasteiger partial charge on any atom is -0.329 e. The van der Waals surface area contributed by atoms with Gasteiger partial charge >= 0.3 is 0 Å². The van der Waals surface area contributed by atoms with Gasteiger partial charge in [-0.05, 0) is 57.3 Å². The number of rotatable bonds is 5. The van der Waals surface area contributed by atoms with Gasteiger partial charge in [-0.1, -0.05) is 0 Å². The van der Waals surface area contributed by atoms with Crippen molar-refractivity contribution >= 4 is 11.8 Å². The van der Waals surface area contributed by atoms with Crippen LogP contribution in [-0.4, -0.2) is 66.6 Å². The van der Waals surface area contributed by atoms with E-state index < -0.39 is 0 Å². The fourth-order valence-corrected chi connectivity index (χ4v) is 3.78. The van der Waals surface area contributed by atoms with Gasteiger partial charge in [0.1, 0.15) is 0 Å². The molecule has 2 unspecified atom stereocenters. The lowest BCUT2D eigenvalue weighted by Gasteiger charge is -2.32. The first-order chi connectivity index (χ1) is 8.35. The minimum absolute atomic E-state index is 0.614. The normalized spacial score (nSPS) is 28.9. The van der Waals surface area contributed by atoms with E-state index in [1.165, 1.54) is 57.6 Å². The highest BCUT2D eigenvalue weighted by Gasteiger charge is 2.30. The van der Waals surface area contributed by atoms with Crippen LogP contribution in [0.1, 0.15) is 25.7 Å². The molecule has 2 aliphatic rings. The molecule has 0 aliphatic carbocycles. The van der Waals surface area contributed by atoms with E-state index in [2.05, 4.69) is 16.1 Å². The maximum absolute atomic E-state index is 5.97. The smallest absolute Gasteiger partial charge is 0.0226 e. The molecule has 0 amide bonds. The van der Waals surface area contributed by atoms with Gasteiger partial charge in [-0.2, -0.15) is 11.8 Å². The third-order valence-corrected chi connectivity index (χ3v) is 4.92. The largest absolute Gasteiger partial charge is 0.329 e. The lowest BCUT2D eigenvalue weighted by atomic mass is 10.1. The summed E-state index contributed by atoms with van der Waals surface area (Å²) in [7, 11) is 0. The Morgan fingerprint density at radius 3 is 2.88 bits per heavy atom. The Labute approximate surface area is 110 Å². The molecule has 2 saturated heterocycles. The van der Waals surface area contributed by atoms with Gasteiger partial charge in [0.05, 0.1) is 0 Å². The average molecular weight is 257 g/mol. The molecule has 0 spiro atoms. The zero-order chi connectivity index (χ0) is 12.1. The molecular weight excluding hydrogens is 230 g/mol. The molecule has 17 heavy (non-hydrogen) atoms. The quantitative estimate of drug-likeness (QED) is 0.803. The Kier molecular flexibility index (Phi) is 5.60. The van der Waals surface area contributed by atoms with Crippen molar-refractivity contribution in [3.05, 3.63) is 0 Å². The number of hydrogen-bond donors (Lipinski definition) is 1. The second kappa shape index (κ2) is 6.98. The standard InChI is InChI=1S/C13H27N3S/c1-17-9-5-12(10-14)16-8-3-7-15-6-2-4-13(15)11-16/h12-13H,2-11,14H2,1H3. The predicted octanol–water partition coefficient (Wildman–Crippen LogP) is 1.24. The molecule has 2 heterocycles. The van der Waals surface area contributed by atoms with Crippen molar-refractivity contribution in [1.82, 2.24) is 9.80 Å². The summed E-state index contributed by atoms with van der Waals surface area (Å²) in [5.41, 5.74) is 5.97. The Balaban J connectivity index is 1.89. The lowest BCUT2D eigenvalue weighted by Crippen LogP contribution is -2.45. The molecule has 2 fully saturated rings. The highest BCUT2D eigenvalue weighted by molar-refractivity contribution is 7.98. The fourth-order valence-electron chi connectivity index (χ4n) is 3.27. The predicted molar refractivity (Wildman–Crippen MR) is 76.6 cm³/mol. The van der Waals surface area contributed by atoms with E-state index in [0.29, 0.717) is 6.04 Å². The summed E-state index contributed by atoms with van der Waals surface area (Å²) in [6, 6.07) is 1.43. The van der Waals surface area contributed by atoms with Gasteiger partial charge in [-0.3, -0.25) is 9.80 Å². The molecule has 0 aromatic carbocycles. The third-order valence-electron chi connectivity index (χ3n) is 4.28. The van der Waals surface area contributed by atoms with Gasteiger partial charge in [0, 0.05) is 25.2 Å². The second-order valence-corrected chi connectivity index (χ2v) is 6.34. The van der Waals surface area contributed by atoms with Crippen LogP contribution < -0.4 is 5.73 Å². The molecular formula is C13H27N3S. The highest BCUT2D eigenvalue weighted by atomic mass is 32.2. The summed E-state index contributed by atoms with van der Waals surface area (Å²) in [5.74, 6) is 1.24. The van der Waals surface area contributed by atoms with Gasteiger partial charge in [0.25, 0.3) is 0 Å². The van der Waals surface area contributed by atoms with E-state index in [1.54, 1.807) is 0 Å². The Bertz CT molecular complexity index is 225. The molecule has 0 aromatic heterocycles. The van der Waals surface area contributed by atoms with Crippen LogP contribution in [0.4, 0.5) is 0 Å². The summed E-state index contributed by atoms with van der Waals surface area (Å²) >= 11 is 1.94. The Morgan fingerprint density at radius 2 is 2.12 bits per heavy atom. The summed E-state index contributed by atoms with van der Waals surface area (Å²) in [5, 5.41) is 0. The number of nitrogens with zero attached hydrogens (tertiary/aromatic N) is 2. The first kappa shape index (κ1) is 13.7. The molecule has 3 nitrogen and oxygen atoms in total. The highest BCUT2D eigenvalue weighted by Crippen LogP contribution is 2.23. The number of fused-ring (bicyclic) bond motifs is 1. The van der Waals surface area contributed by atoms with Crippen molar-refractivity contribution in [2.75, 3.05) is 44.7 Å². The van der Waals surface area contributed by atoms with Gasteiger partial charge < -0.3 is 5.73 Å². The van der Waals surface area contributed by atoms with Gasteiger partial charge in [-0.15, -0.1) is 0 Å². The van der Waals surface area contributed by atoms with Crippen molar-refractivity contribution in [3.63, 3.8) is 0 Å². The maximum Gasteiger partial charge on any atom is 0.0226 e. The molecule has 0 aromatic rings.